The van der Waals surface area contributed by atoms with Gasteiger partial charge in [0.05, 0.1) is 5.52 Å². The van der Waals surface area contributed by atoms with Crippen LogP contribution in [0.2, 0.25) is 0 Å². The molecular weight excluding hydrogens is 288 g/mol. The van der Waals surface area contributed by atoms with Crippen LogP contribution in [0.4, 0.5) is 0 Å². The summed E-state index contributed by atoms with van der Waals surface area (Å²) in [5.41, 5.74) is 2.62. The van der Waals surface area contributed by atoms with E-state index in [9.17, 15) is 0 Å². The summed E-state index contributed by atoms with van der Waals surface area (Å²) in [6.07, 6.45) is 1.94. The van der Waals surface area contributed by atoms with E-state index in [2.05, 4.69) is 36.1 Å². The Balaban J connectivity index is 2.42. The summed E-state index contributed by atoms with van der Waals surface area (Å²) in [5, 5.41) is 9.88. The molecule has 0 radical (unpaired) electrons. The van der Waals surface area contributed by atoms with Crippen molar-refractivity contribution in [1.82, 2.24) is 20.2 Å². The molecular formula is C10H7BrN4S. The lowest BCUT2D eigenvalue weighted by molar-refractivity contribution is 0.879. The van der Waals surface area contributed by atoms with E-state index < -0.39 is 0 Å². The molecule has 4 nitrogen and oxygen atoms in total. The number of halogens is 1. The number of aromatic amines is 1. The van der Waals surface area contributed by atoms with E-state index in [1.807, 2.05) is 24.5 Å². The fourth-order valence-corrected chi connectivity index (χ4v) is 2.29. The van der Waals surface area contributed by atoms with Gasteiger partial charge in [-0.3, -0.25) is 0 Å². The van der Waals surface area contributed by atoms with Gasteiger partial charge >= 0.3 is 0 Å². The van der Waals surface area contributed by atoms with Crippen molar-refractivity contribution in [2.45, 2.75) is 5.16 Å². The van der Waals surface area contributed by atoms with E-state index in [0.29, 0.717) is 5.16 Å². The molecule has 80 valence electrons. The molecule has 0 fully saturated rings. The van der Waals surface area contributed by atoms with Crippen LogP contribution in [0.3, 0.4) is 0 Å². The summed E-state index contributed by atoms with van der Waals surface area (Å²) < 4.78 is 1.03. The molecule has 0 aliphatic heterocycles. The first-order chi connectivity index (χ1) is 7.78. The van der Waals surface area contributed by atoms with Crippen molar-refractivity contribution in [2.24, 2.45) is 0 Å². The van der Waals surface area contributed by atoms with E-state index in [1.54, 1.807) is 0 Å². The van der Waals surface area contributed by atoms with E-state index in [1.165, 1.54) is 11.8 Å². The van der Waals surface area contributed by atoms with Crippen molar-refractivity contribution >= 4 is 49.8 Å². The third-order valence-corrected chi connectivity index (χ3v) is 3.37. The molecule has 2 aromatic heterocycles. The van der Waals surface area contributed by atoms with E-state index >= 15 is 0 Å². The molecule has 6 heteroatoms. The van der Waals surface area contributed by atoms with Crippen LogP contribution < -0.4 is 0 Å². The fourth-order valence-electron chi connectivity index (χ4n) is 1.62. The molecule has 2 heterocycles. The van der Waals surface area contributed by atoms with Crippen LogP contribution in [0.1, 0.15) is 0 Å². The van der Waals surface area contributed by atoms with Crippen LogP contribution in [-0.2, 0) is 0 Å². The summed E-state index contributed by atoms with van der Waals surface area (Å²) in [5.74, 6) is 0. The van der Waals surface area contributed by atoms with Crippen LogP contribution in [0.5, 0.6) is 0 Å². The zero-order chi connectivity index (χ0) is 11.1. The molecule has 0 atom stereocenters. The first-order valence-electron chi connectivity index (χ1n) is 4.63. The van der Waals surface area contributed by atoms with Crippen LogP contribution in [0.25, 0.3) is 22.1 Å². The Morgan fingerprint density at radius 2 is 2.19 bits per heavy atom. The molecule has 0 unspecified atom stereocenters. The van der Waals surface area contributed by atoms with Crippen molar-refractivity contribution in [2.75, 3.05) is 6.26 Å². The first kappa shape index (κ1) is 10.0. The van der Waals surface area contributed by atoms with Crippen molar-refractivity contribution < 1.29 is 0 Å². The van der Waals surface area contributed by atoms with Gasteiger partial charge in [-0.1, -0.05) is 27.7 Å². The molecule has 0 aliphatic rings. The monoisotopic (exact) mass is 294 g/mol. The summed E-state index contributed by atoms with van der Waals surface area (Å²) in [4.78, 5) is 7.65. The highest BCUT2D eigenvalue weighted by Crippen LogP contribution is 2.25. The number of H-pyrrole nitrogens is 1. The SMILES string of the molecule is CSc1nnc2[nH]c3cc(Br)ccc3c2n1. The number of nitrogens with one attached hydrogen (secondary N) is 1. The van der Waals surface area contributed by atoms with Crippen molar-refractivity contribution in [1.29, 1.82) is 0 Å². The van der Waals surface area contributed by atoms with E-state index in [0.717, 1.165) is 26.5 Å². The number of hydrogen-bond acceptors (Lipinski definition) is 4. The number of rotatable bonds is 1. The Kier molecular flexibility index (Phi) is 2.33. The minimum absolute atomic E-state index is 0.691. The van der Waals surface area contributed by atoms with Crippen LogP contribution in [0.15, 0.2) is 27.8 Å². The molecule has 0 spiro atoms. The standard InChI is InChI=1S/C10H7BrN4S/c1-16-10-13-8-6-3-2-5(11)4-7(6)12-9(8)14-15-10/h2-4H,1H3,(H,12,14). The van der Waals surface area contributed by atoms with Crippen LogP contribution in [0, 0.1) is 0 Å². The second-order valence-electron chi connectivity index (χ2n) is 3.31. The molecule has 0 aliphatic carbocycles. The van der Waals surface area contributed by atoms with Crippen molar-refractivity contribution in [3.63, 3.8) is 0 Å². The van der Waals surface area contributed by atoms with Gasteiger partial charge in [0.15, 0.2) is 5.65 Å². The summed E-state index contributed by atoms with van der Waals surface area (Å²) in [6.45, 7) is 0. The predicted molar refractivity (Wildman–Crippen MR) is 68.7 cm³/mol. The molecule has 0 saturated carbocycles. The Morgan fingerprint density at radius 1 is 1.31 bits per heavy atom. The van der Waals surface area contributed by atoms with Gasteiger partial charge in [-0.05, 0) is 24.5 Å². The van der Waals surface area contributed by atoms with Crippen molar-refractivity contribution in [3.05, 3.63) is 22.7 Å². The Bertz CT molecular complexity index is 679. The highest BCUT2D eigenvalue weighted by atomic mass is 79.9. The average molecular weight is 295 g/mol. The second-order valence-corrected chi connectivity index (χ2v) is 5.00. The van der Waals surface area contributed by atoms with Gasteiger partial charge in [0, 0.05) is 9.86 Å². The van der Waals surface area contributed by atoms with Crippen LogP contribution >= 0.6 is 27.7 Å². The van der Waals surface area contributed by atoms with Crippen LogP contribution in [-0.4, -0.2) is 26.4 Å². The quantitative estimate of drug-likeness (QED) is 0.701. The molecule has 1 N–H and O–H groups in total. The molecule has 16 heavy (non-hydrogen) atoms. The number of hydrogen-bond donors (Lipinski definition) is 1. The average Bonchev–Trinajstić information content (AvgIpc) is 2.65. The molecule has 0 saturated heterocycles. The maximum Gasteiger partial charge on any atom is 0.209 e. The second kappa shape index (κ2) is 3.71. The molecule has 3 rings (SSSR count). The van der Waals surface area contributed by atoms with Gasteiger partial charge in [0.2, 0.25) is 5.16 Å². The van der Waals surface area contributed by atoms with Gasteiger partial charge in [0.25, 0.3) is 0 Å². The summed E-state index contributed by atoms with van der Waals surface area (Å²) in [7, 11) is 0. The normalized spacial score (nSPS) is 11.4. The predicted octanol–water partition coefficient (Wildman–Crippen LogP) is 2.99. The topological polar surface area (TPSA) is 54.5 Å². The highest BCUT2D eigenvalue weighted by Gasteiger charge is 2.08. The smallest absolute Gasteiger partial charge is 0.209 e. The molecule has 0 bridgehead atoms. The largest absolute Gasteiger partial charge is 0.336 e. The van der Waals surface area contributed by atoms with Gasteiger partial charge in [-0.15, -0.1) is 10.2 Å². The van der Waals surface area contributed by atoms with E-state index in [4.69, 9.17) is 0 Å². The lowest BCUT2D eigenvalue weighted by Gasteiger charge is -1.93. The minimum atomic E-state index is 0.691. The molecule has 1 aromatic carbocycles. The number of fused-ring (bicyclic) bond motifs is 3. The molecule has 0 amide bonds. The zero-order valence-corrected chi connectivity index (χ0v) is 10.8. The minimum Gasteiger partial charge on any atom is -0.336 e. The maximum absolute atomic E-state index is 4.45. The van der Waals surface area contributed by atoms with Crippen molar-refractivity contribution in [3.8, 4) is 0 Å². The van der Waals surface area contributed by atoms with Gasteiger partial charge in [0.1, 0.15) is 5.52 Å². The lowest BCUT2D eigenvalue weighted by atomic mass is 10.2. The van der Waals surface area contributed by atoms with Gasteiger partial charge in [-0.2, -0.15) is 0 Å². The van der Waals surface area contributed by atoms with Gasteiger partial charge in [-0.25, -0.2) is 4.98 Å². The number of nitrogens with zero attached hydrogens (tertiary/aromatic N) is 3. The maximum atomic E-state index is 4.45. The zero-order valence-electron chi connectivity index (χ0n) is 8.36. The Labute approximate surface area is 104 Å². The summed E-state index contributed by atoms with van der Waals surface area (Å²) in [6, 6.07) is 6.03. The fraction of sp³-hybridized carbons (Fsp3) is 0.100. The Morgan fingerprint density at radius 3 is 3.00 bits per heavy atom. The number of aromatic nitrogens is 4. The lowest BCUT2D eigenvalue weighted by Crippen LogP contribution is -1.89. The first-order valence-corrected chi connectivity index (χ1v) is 6.65. The number of thioether (sulfide) groups is 1. The van der Waals surface area contributed by atoms with E-state index in [-0.39, 0.29) is 0 Å². The summed E-state index contributed by atoms with van der Waals surface area (Å²) >= 11 is 4.93. The van der Waals surface area contributed by atoms with Gasteiger partial charge < -0.3 is 4.98 Å². The highest BCUT2D eigenvalue weighted by molar-refractivity contribution is 9.10. The number of benzene rings is 1. The molecule has 3 aromatic rings. The third-order valence-electron chi connectivity index (χ3n) is 2.34. The third kappa shape index (κ3) is 1.49. The Hall–Kier alpha value is -1.14.